The molecule has 3 rings (SSSR count). The highest BCUT2D eigenvalue weighted by Crippen LogP contribution is 2.46. The second kappa shape index (κ2) is 8.27. The van der Waals surface area contributed by atoms with Crippen molar-refractivity contribution < 1.29 is 31.1 Å². The number of benzene rings is 2. The second-order valence-electron chi connectivity index (χ2n) is 7.89. The molecule has 0 aliphatic carbocycles. The molecule has 1 N–H and O–H groups in total. The first-order valence-electron chi connectivity index (χ1n) is 9.78. The molecule has 0 bridgehead atoms. The average Bonchev–Trinajstić information content (AvgIpc) is 2.93. The number of carbonyl (C=O) groups is 1. The van der Waals surface area contributed by atoms with Crippen LogP contribution in [0.4, 0.5) is 13.2 Å². The lowest BCUT2D eigenvalue weighted by molar-refractivity contribution is -0.209. The highest BCUT2D eigenvalue weighted by atomic mass is 32.2. The highest BCUT2D eigenvalue weighted by Gasteiger charge is 2.71. The van der Waals surface area contributed by atoms with Crippen LogP contribution in [-0.4, -0.2) is 38.0 Å². The van der Waals surface area contributed by atoms with Gasteiger partial charge in [-0.3, -0.25) is 5.32 Å². The smallest absolute Gasteiger partial charge is 0.417 e. The molecule has 1 aliphatic rings. The molecular formula is C22H24F3NO4S. The molecule has 1 saturated heterocycles. The van der Waals surface area contributed by atoms with Crippen molar-refractivity contribution >= 4 is 15.8 Å². The van der Waals surface area contributed by atoms with E-state index in [1.807, 2.05) is 0 Å². The summed E-state index contributed by atoms with van der Waals surface area (Å²) in [5, 5.41) is 2.40. The van der Waals surface area contributed by atoms with Gasteiger partial charge in [0.15, 0.2) is 9.84 Å². The minimum Gasteiger partial charge on any atom is -0.461 e. The number of sulfone groups is 1. The number of esters is 1. The van der Waals surface area contributed by atoms with Crippen LogP contribution in [0.15, 0.2) is 59.5 Å². The Morgan fingerprint density at radius 1 is 1.10 bits per heavy atom. The first-order chi connectivity index (χ1) is 14.4. The molecule has 0 amide bonds. The van der Waals surface area contributed by atoms with Gasteiger partial charge in [-0.1, -0.05) is 48.0 Å². The van der Waals surface area contributed by atoms with Gasteiger partial charge >= 0.3 is 12.1 Å². The molecule has 0 saturated carbocycles. The Morgan fingerprint density at radius 3 is 2.23 bits per heavy atom. The largest absolute Gasteiger partial charge is 0.461 e. The van der Waals surface area contributed by atoms with E-state index >= 15 is 0 Å². The zero-order chi connectivity index (χ0) is 23.0. The number of alkyl halides is 3. The van der Waals surface area contributed by atoms with Crippen LogP contribution in [0.1, 0.15) is 31.0 Å². The predicted octanol–water partition coefficient (Wildman–Crippen LogP) is 3.98. The Morgan fingerprint density at radius 2 is 1.68 bits per heavy atom. The summed E-state index contributed by atoms with van der Waals surface area (Å²) < 4.78 is 74.2. The van der Waals surface area contributed by atoms with E-state index in [2.05, 4.69) is 5.32 Å². The van der Waals surface area contributed by atoms with Crippen LogP contribution in [0.25, 0.3) is 0 Å². The monoisotopic (exact) mass is 455 g/mol. The number of hydrogen-bond donors (Lipinski definition) is 1. The van der Waals surface area contributed by atoms with Crippen molar-refractivity contribution in [2.24, 2.45) is 5.92 Å². The SMILES string of the molecule is Cc1ccc(S(=O)(=O)C[C@H]2[C@H](C)OC(=O)[C@]2(N[C@@H](C)c2ccccc2)C(F)(F)F)cc1. The van der Waals surface area contributed by atoms with E-state index in [0.29, 0.717) is 5.56 Å². The number of carbonyl (C=O) groups excluding carboxylic acids is 1. The van der Waals surface area contributed by atoms with E-state index in [1.165, 1.54) is 26.0 Å². The van der Waals surface area contributed by atoms with Crippen molar-refractivity contribution in [3.05, 3.63) is 65.7 Å². The van der Waals surface area contributed by atoms with Gasteiger partial charge in [-0.2, -0.15) is 13.2 Å². The summed E-state index contributed by atoms with van der Waals surface area (Å²) >= 11 is 0. The maximum atomic E-state index is 14.4. The molecule has 0 aromatic heterocycles. The first-order valence-corrected chi connectivity index (χ1v) is 11.4. The first kappa shape index (κ1) is 23.3. The number of nitrogens with one attached hydrogen (secondary N) is 1. The second-order valence-corrected chi connectivity index (χ2v) is 9.93. The van der Waals surface area contributed by atoms with Crippen molar-refractivity contribution in [2.45, 2.75) is 49.5 Å². The van der Waals surface area contributed by atoms with Crippen LogP contribution in [0, 0.1) is 12.8 Å². The molecule has 1 heterocycles. The average molecular weight is 455 g/mol. The van der Waals surface area contributed by atoms with E-state index in [4.69, 9.17) is 4.74 Å². The van der Waals surface area contributed by atoms with Crippen molar-refractivity contribution in [1.29, 1.82) is 0 Å². The summed E-state index contributed by atoms with van der Waals surface area (Å²) in [5.74, 6) is -4.08. The molecule has 0 radical (unpaired) electrons. The van der Waals surface area contributed by atoms with Crippen LogP contribution in [0.2, 0.25) is 0 Å². The van der Waals surface area contributed by atoms with E-state index in [9.17, 15) is 26.4 Å². The van der Waals surface area contributed by atoms with Crippen molar-refractivity contribution in [2.75, 3.05) is 5.75 Å². The molecule has 168 valence electrons. The quantitative estimate of drug-likeness (QED) is 0.667. The normalized spacial score (nSPS) is 25.3. The maximum absolute atomic E-state index is 14.4. The van der Waals surface area contributed by atoms with Crippen LogP contribution < -0.4 is 5.32 Å². The Kier molecular flexibility index (Phi) is 6.21. The number of rotatable bonds is 6. The lowest BCUT2D eigenvalue weighted by atomic mass is 9.82. The fourth-order valence-electron chi connectivity index (χ4n) is 3.93. The minimum absolute atomic E-state index is 0.100. The summed E-state index contributed by atoms with van der Waals surface area (Å²) in [5.41, 5.74) is -1.81. The zero-order valence-corrected chi connectivity index (χ0v) is 18.1. The Bertz CT molecular complexity index is 1040. The topological polar surface area (TPSA) is 72.5 Å². The van der Waals surface area contributed by atoms with Gasteiger partial charge in [0.1, 0.15) is 6.10 Å². The highest BCUT2D eigenvalue weighted by molar-refractivity contribution is 7.91. The maximum Gasteiger partial charge on any atom is 0.417 e. The Hall–Kier alpha value is -2.39. The third kappa shape index (κ3) is 4.34. The van der Waals surface area contributed by atoms with Crippen LogP contribution in [-0.2, 0) is 19.4 Å². The van der Waals surface area contributed by atoms with Gasteiger partial charge in [-0.15, -0.1) is 0 Å². The number of ether oxygens (including phenoxy) is 1. The summed E-state index contributed by atoms with van der Waals surface area (Å²) in [6, 6.07) is 13.3. The molecular weight excluding hydrogens is 431 g/mol. The molecule has 4 atom stereocenters. The summed E-state index contributed by atoms with van der Waals surface area (Å²) in [6.45, 7) is 4.55. The van der Waals surface area contributed by atoms with E-state index < -0.39 is 51.3 Å². The van der Waals surface area contributed by atoms with Gasteiger partial charge in [0.2, 0.25) is 5.54 Å². The Labute approximate surface area is 179 Å². The fourth-order valence-corrected chi connectivity index (χ4v) is 5.66. The lowest BCUT2D eigenvalue weighted by Crippen LogP contribution is -2.66. The van der Waals surface area contributed by atoms with Gasteiger partial charge in [0.05, 0.1) is 10.6 Å². The predicted molar refractivity (Wildman–Crippen MR) is 109 cm³/mol. The van der Waals surface area contributed by atoms with Gasteiger partial charge in [0.25, 0.3) is 0 Å². The summed E-state index contributed by atoms with van der Waals surface area (Å²) in [4.78, 5) is 12.5. The van der Waals surface area contributed by atoms with Gasteiger partial charge in [-0.05, 0) is 38.5 Å². The molecule has 1 aliphatic heterocycles. The van der Waals surface area contributed by atoms with Crippen LogP contribution >= 0.6 is 0 Å². The van der Waals surface area contributed by atoms with Crippen molar-refractivity contribution in [3.8, 4) is 0 Å². The van der Waals surface area contributed by atoms with E-state index in [0.717, 1.165) is 5.56 Å². The number of cyclic esters (lactones) is 1. The minimum atomic E-state index is -5.08. The molecule has 5 nitrogen and oxygen atoms in total. The van der Waals surface area contributed by atoms with Crippen LogP contribution in [0.5, 0.6) is 0 Å². The molecule has 0 unspecified atom stereocenters. The molecule has 9 heteroatoms. The number of hydrogen-bond acceptors (Lipinski definition) is 5. The zero-order valence-electron chi connectivity index (χ0n) is 17.3. The summed E-state index contributed by atoms with van der Waals surface area (Å²) in [7, 11) is -4.12. The standard InChI is InChI=1S/C22H24F3NO4S/c1-14-9-11-18(12-10-14)31(28,29)13-19-16(3)30-20(27)21(19,22(23,24)25)26-15(2)17-7-5-4-6-8-17/h4-12,15-16,19,26H,13H2,1-3H3/t15-,16-,19-,21-/m0/s1. The molecule has 0 spiro atoms. The van der Waals surface area contributed by atoms with E-state index in [-0.39, 0.29) is 4.90 Å². The van der Waals surface area contributed by atoms with Gasteiger partial charge < -0.3 is 4.74 Å². The molecule has 2 aromatic carbocycles. The van der Waals surface area contributed by atoms with Crippen molar-refractivity contribution in [3.63, 3.8) is 0 Å². The summed E-state index contributed by atoms with van der Waals surface area (Å²) in [6.07, 6.45) is -6.32. The third-order valence-corrected chi connectivity index (χ3v) is 7.50. The van der Waals surface area contributed by atoms with Crippen molar-refractivity contribution in [1.82, 2.24) is 5.32 Å². The molecule has 2 aromatic rings. The van der Waals surface area contributed by atoms with E-state index in [1.54, 1.807) is 49.4 Å². The van der Waals surface area contributed by atoms with Gasteiger partial charge in [-0.25, -0.2) is 13.2 Å². The number of halogens is 3. The fraction of sp³-hybridized carbons (Fsp3) is 0.409. The molecule has 31 heavy (non-hydrogen) atoms. The van der Waals surface area contributed by atoms with Gasteiger partial charge in [0, 0.05) is 12.0 Å². The number of aryl methyl sites for hydroxylation is 1. The lowest BCUT2D eigenvalue weighted by Gasteiger charge is -2.37. The Balaban J connectivity index is 2.03. The third-order valence-electron chi connectivity index (χ3n) is 5.71. The van der Waals surface area contributed by atoms with Crippen LogP contribution in [0.3, 0.4) is 0 Å². The molecule has 1 fully saturated rings.